The molecule has 1 aliphatic heterocycles. The molecule has 8 heteroatoms. The SMILES string of the molecule is CC(=O)NCCNCC(=O)Nc1nc(-c2ccc3c(c2)CCN3Cc2ccccc2C)c(C)s1. The predicted molar refractivity (Wildman–Crippen MR) is 138 cm³/mol. The van der Waals surface area contributed by atoms with E-state index in [1.54, 1.807) is 0 Å². The first-order chi connectivity index (χ1) is 16.4. The molecular formula is C26H31N5O2S. The van der Waals surface area contributed by atoms with Gasteiger partial charge in [0.25, 0.3) is 0 Å². The van der Waals surface area contributed by atoms with Crippen LogP contribution in [0.15, 0.2) is 42.5 Å². The Kier molecular flexibility index (Phi) is 7.59. The molecule has 178 valence electrons. The Bertz CT molecular complexity index is 1190. The number of aryl methyl sites for hydroxylation is 2. The van der Waals surface area contributed by atoms with Crippen LogP contribution in [0.5, 0.6) is 0 Å². The summed E-state index contributed by atoms with van der Waals surface area (Å²) < 4.78 is 0. The number of carbonyl (C=O) groups is 2. The Morgan fingerprint density at radius 1 is 1.12 bits per heavy atom. The smallest absolute Gasteiger partial charge is 0.240 e. The lowest BCUT2D eigenvalue weighted by molar-refractivity contribution is -0.118. The number of carbonyl (C=O) groups excluding carboxylic acids is 2. The topological polar surface area (TPSA) is 86.4 Å². The van der Waals surface area contributed by atoms with E-state index in [9.17, 15) is 9.59 Å². The van der Waals surface area contributed by atoms with Crippen molar-refractivity contribution in [1.82, 2.24) is 15.6 Å². The van der Waals surface area contributed by atoms with Gasteiger partial charge in [-0.2, -0.15) is 0 Å². The van der Waals surface area contributed by atoms with Gasteiger partial charge in [-0.15, -0.1) is 11.3 Å². The molecule has 3 N–H and O–H groups in total. The lowest BCUT2D eigenvalue weighted by Gasteiger charge is -2.20. The van der Waals surface area contributed by atoms with Crippen molar-refractivity contribution in [1.29, 1.82) is 0 Å². The summed E-state index contributed by atoms with van der Waals surface area (Å²) in [6.45, 7) is 8.80. The Morgan fingerprint density at radius 3 is 2.74 bits per heavy atom. The van der Waals surface area contributed by atoms with Crippen molar-refractivity contribution in [2.45, 2.75) is 33.7 Å². The van der Waals surface area contributed by atoms with Gasteiger partial charge in [-0.05, 0) is 49.1 Å². The van der Waals surface area contributed by atoms with Gasteiger partial charge in [0.05, 0.1) is 12.2 Å². The van der Waals surface area contributed by atoms with Crippen LogP contribution in [0, 0.1) is 13.8 Å². The van der Waals surface area contributed by atoms with Crippen LogP contribution in [0.25, 0.3) is 11.3 Å². The van der Waals surface area contributed by atoms with E-state index in [1.165, 1.54) is 40.6 Å². The molecule has 4 rings (SSSR count). The number of rotatable bonds is 9. The quantitative estimate of drug-likeness (QED) is 0.410. The van der Waals surface area contributed by atoms with E-state index in [4.69, 9.17) is 4.98 Å². The number of nitrogens with one attached hydrogen (secondary N) is 3. The van der Waals surface area contributed by atoms with E-state index in [2.05, 4.69) is 70.2 Å². The largest absolute Gasteiger partial charge is 0.367 e. The van der Waals surface area contributed by atoms with Gasteiger partial charge in [-0.25, -0.2) is 4.98 Å². The summed E-state index contributed by atoms with van der Waals surface area (Å²) in [5.41, 5.74) is 7.31. The number of amides is 2. The first kappa shape index (κ1) is 23.9. The summed E-state index contributed by atoms with van der Waals surface area (Å²) in [6.07, 6.45) is 1.02. The van der Waals surface area contributed by atoms with Gasteiger partial charge in [0.15, 0.2) is 5.13 Å². The van der Waals surface area contributed by atoms with Crippen LogP contribution in [-0.4, -0.2) is 43.0 Å². The molecule has 7 nitrogen and oxygen atoms in total. The van der Waals surface area contributed by atoms with Gasteiger partial charge < -0.3 is 20.9 Å². The Balaban J connectivity index is 1.38. The predicted octanol–water partition coefficient (Wildman–Crippen LogP) is 3.65. The monoisotopic (exact) mass is 477 g/mol. The lowest BCUT2D eigenvalue weighted by Crippen LogP contribution is -2.34. The van der Waals surface area contributed by atoms with Gasteiger partial charge >= 0.3 is 0 Å². The van der Waals surface area contributed by atoms with Crippen molar-refractivity contribution < 1.29 is 9.59 Å². The van der Waals surface area contributed by atoms with Gasteiger partial charge in [0, 0.05) is 49.2 Å². The summed E-state index contributed by atoms with van der Waals surface area (Å²) in [6, 6.07) is 15.1. The minimum Gasteiger partial charge on any atom is -0.367 e. The van der Waals surface area contributed by atoms with Crippen molar-refractivity contribution >= 4 is 34.0 Å². The van der Waals surface area contributed by atoms with Crippen LogP contribution in [-0.2, 0) is 22.6 Å². The number of thiazole rings is 1. The molecule has 0 saturated heterocycles. The van der Waals surface area contributed by atoms with E-state index < -0.39 is 0 Å². The van der Waals surface area contributed by atoms with Crippen molar-refractivity contribution in [2.75, 3.05) is 36.4 Å². The Hall–Kier alpha value is -3.23. The van der Waals surface area contributed by atoms with Crippen molar-refractivity contribution in [3.8, 4) is 11.3 Å². The highest BCUT2D eigenvalue weighted by atomic mass is 32.1. The first-order valence-electron chi connectivity index (χ1n) is 11.6. The van der Waals surface area contributed by atoms with E-state index >= 15 is 0 Å². The van der Waals surface area contributed by atoms with Gasteiger partial charge in [0.1, 0.15) is 0 Å². The third kappa shape index (κ3) is 5.81. The van der Waals surface area contributed by atoms with Crippen LogP contribution in [0.4, 0.5) is 10.8 Å². The number of hydrogen-bond acceptors (Lipinski definition) is 6. The highest BCUT2D eigenvalue weighted by molar-refractivity contribution is 7.16. The number of anilines is 2. The maximum atomic E-state index is 12.2. The molecule has 1 aromatic heterocycles. The third-order valence-corrected chi connectivity index (χ3v) is 6.86. The minimum atomic E-state index is -0.149. The molecule has 0 bridgehead atoms. The Labute approximate surface area is 204 Å². The third-order valence-electron chi connectivity index (χ3n) is 5.97. The zero-order valence-corrected chi connectivity index (χ0v) is 20.7. The molecule has 0 spiro atoms. The summed E-state index contributed by atoms with van der Waals surface area (Å²) in [5.74, 6) is -0.230. The molecule has 2 aromatic carbocycles. The van der Waals surface area contributed by atoms with Crippen molar-refractivity contribution in [3.05, 3.63) is 64.0 Å². The fourth-order valence-corrected chi connectivity index (χ4v) is 5.04. The summed E-state index contributed by atoms with van der Waals surface area (Å²) >= 11 is 1.48. The average molecular weight is 478 g/mol. The molecule has 1 aliphatic rings. The number of fused-ring (bicyclic) bond motifs is 1. The van der Waals surface area contributed by atoms with Crippen molar-refractivity contribution in [2.24, 2.45) is 0 Å². The molecule has 2 heterocycles. The van der Waals surface area contributed by atoms with Gasteiger partial charge in [0.2, 0.25) is 11.8 Å². The molecule has 0 atom stereocenters. The fraction of sp³-hybridized carbons (Fsp3) is 0.346. The average Bonchev–Trinajstić information content (AvgIpc) is 3.37. The molecule has 34 heavy (non-hydrogen) atoms. The normalized spacial score (nSPS) is 12.5. The lowest BCUT2D eigenvalue weighted by atomic mass is 10.1. The Morgan fingerprint density at radius 2 is 1.94 bits per heavy atom. The molecule has 0 unspecified atom stereocenters. The number of nitrogens with zero attached hydrogens (tertiary/aromatic N) is 2. The summed E-state index contributed by atoms with van der Waals surface area (Å²) in [4.78, 5) is 31.3. The van der Waals surface area contributed by atoms with Gasteiger partial charge in [-0.1, -0.05) is 30.3 Å². The maximum Gasteiger partial charge on any atom is 0.240 e. The second kappa shape index (κ2) is 10.8. The van der Waals surface area contributed by atoms with Crippen molar-refractivity contribution in [3.63, 3.8) is 0 Å². The molecule has 0 aliphatic carbocycles. The zero-order valence-electron chi connectivity index (χ0n) is 19.9. The van der Waals surface area contributed by atoms with Crippen LogP contribution in [0.3, 0.4) is 0 Å². The minimum absolute atomic E-state index is 0.0809. The summed E-state index contributed by atoms with van der Waals surface area (Å²) in [7, 11) is 0. The van der Waals surface area contributed by atoms with E-state index in [-0.39, 0.29) is 18.4 Å². The molecule has 0 radical (unpaired) electrons. The zero-order chi connectivity index (χ0) is 24.1. The molecule has 0 fully saturated rings. The van der Waals surface area contributed by atoms with E-state index in [0.717, 1.165) is 35.6 Å². The van der Waals surface area contributed by atoms with Gasteiger partial charge in [-0.3, -0.25) is 9.59 Å². The molecule has 3 aromatic rings. The molecule has 2 amide bonds. The first-order valence-corrected chi connectivity index (χ1v) is 12.4. The summed E-state index contributed by atoms with van der Waals surface area (Å²) in [5, 5.41) is 9.17. The van der Waals surface area contributed by atoms with Crippen LogP contribution >= 0.6 is 11.3 Å². The van der Waals surface area contributed by atoms with Crippen LogP contribution in [0.1, 0.15) is 28.5 Å². The van der Waals surface area contributed by atoms with Crippen LogP contribution in [0.2, 0.25) is 0 Å². The highest BCUT2D eigenvalue weighted by Gasteiger charge is 2.21. The van der Waals surface area contributed by atoms with E-state index in [0.29, 0.717) is 18.2 Å². The maximum absolute atomic E-state index is 12.2. The van der Waals surface area contributed by atoms with Crippen LogP contribution < -0.4 is 20.9 Å². The van der Waals surface area contributed by atoms with E-state index in [1.807, 2.05) is 6.92 Å². The fourth-order valence-electron chi connectivity index (χ4n) is 4.18. The second-order valence-corrected chi connectivity index (χ2v) is 9.78. The molecule has 0 saturated carbocycles. The number of hydrogen-bond donors (Lipinski definition) is 3. The number of aromatic nitrogens is 1. The molecular weight excluding hydrogens is 446 g/mol. The highest BCUT2D eigenvalue weighted by Crippen LogP contribution is 2.36. The second-order valence-electron chi connectivity index (χ2n) is 8.57. The number of benzene rings is 2. The standard InChI is InChI=1S/C26H31N5O2S/c1-17-6-4-5-7-22(17)16-31-13-10-20-14-21(8-9-23(20)31)25-18(2)34-26(30-25)29-24(33)15-27-11-12-28-19(3)32/h4-9,14,27H,10-13,15-16H2,1-3H3,(H,28,32)(H,29,30,33).